The van der Waals surface area contributed by atoms with E-state index in [4.69, 9.17) is 5.11 Å². The molecule has 0 saturated heterocycles. The lowest BCUT2D eigenvalue weighted by molar-refractivity contribution is -0.137. The van der Waals surface area contributed by atoms with Crippen LogP contribution in [0.2, 0.25) is 0 Å². The molecule has 0 bridgehead atoms. The maximum Gasteiger partial charge on any atom is 0.303 e. The molecule has 1 unspecified atom stereocenters. The first-order valence-electron chi connectivity index (χ1n) is 8.99. The lowest BCUT2D eigenvalue weighted by atomic mass is 10.0. The Morgan fingerprint density at radius 3 is 1.43 bits per heavy atom. The second kappa shape index (κ2) is 16.6. The summed E-state index contributed by atoms with van der Waals surface area (Å²) in [4.78, 5) is 10.3. The fourth-order valence-corrected chi connectivity index (χ4v) is 3.09. The average molecular weight is 410 g/mol. The lowest BCUT2D eigenvalue weighted by Crippen LogP contribution is -1.93. The molecule has 0 amide bonds. The first-order chi connectivity index (χ1) is 10.1. The molecule has 0 aromatic carbocycles. The van der Waals surface area contributed by atoms with Gasteiger partial charge in [-0.05, 0) is 12.8 Å². The molecule has 0 heterocycles. The van der Waals surface area contributed by atoms with Gasteiger partial charge in [0.1, 0.15) is 0 Å². The number of carboxylic acid groups (broad SMARTS) is 1. The van der Waals surface area contributed by atoms with Gasteiger partial charge in [-0.3, -0.25) is 4.79 Å². The van der Waals surface area contributed by atoms with E-state index in [0.29, 0.717) is 6.42 Å². The highest BCUT2D eigenvalue weighted by Crippen LogP contribution is 2.15. The molecule has 0 spiro atoms. The zero-order chi connectivity index (χ0) is 15.8. The SMILES string of the molecule is CC(I)CCCCCCCCCCCCCCCC(=O)O. The van der Waals surface area contributed by atoms with Crippen LogP contribution in [0.5, 0.6) is 0 Å². The third-order valence-corrected chi connectivity index (χ3v) is 4.62. The summed E-state index contributed by atoms with van der Waals surface area (Å²) in [7, 11) is 0. The summed E-state index contributed by atoms with van der Waals surface area (Å²) in [5, 5.41) is 8.53. The molecule has 0 aliphatic rings. The molecule has 0 saturated carbocycles. The number of alkyl halides is 1. The minimum absolute atomic E-state index is 0.344. The van der Waals surface area contributed by atoms with Crippen LogP contribution in [0.3, 0.4) is 0 Å². The highest BCUT2D eigenvalue weighted by atomic mass is 127. The summed E-state index contributed by atoms with van der Waals surface area (Å²) in [6.07, 6.45) is 18.7. The van der Waals surface area contributed by atoms with Gasteiger partial charge in [0.25, 0.3) is 0 Å². The first-order valence-corrected chi connectivity index (χ1v) is 10.2. The van der Waals surface area contributed by atoms with Crippen molar-refractivity contribution in [3.8, 4) is 0 Å². The van der Waals surface area contributed by atoms with Crippen molar-refractivity contribution >= 4 is 28.6 Å². The summed E-state index contributed by atoms with van der Waals surface area (Å²) >= 11 is 2.52. The Hall–Kier alpha value is 0.200. The van der Waals surface area contributed by atoms with E-state index in [1.54, 1.807) is 0 Å². The average Bonchev–Trinajstić information content (AvgIpc) is 2.42. The van der Waals surface area contributed by atoms with Gasteiger partial charge in [0.15, 0.2) is 0 Å². The number of hydrogen-bond donors (Lipinski definition) is 1. The second-order valence-corrected chi connectivity index (χ2v) is 8.44. The van der Waals surface area contributed by atoms with Gasteiger partial charge in [-0.1, -0.05) is 107 Å². The van der Waals surface area contributed by atoms with E-state index in [1.807, 2.05) is 0 Å². The first kappa shape index (κ1) is 21.2. The summed E-state index contributed by atoms with van der Waals surface area (Å²) < 4.78 is 0.840. The summed E-state index contributed by atoms with van der Waals surface area (Å²) in [6.45, 7) is 2.30. The Morgan fingerprint density at radius 2 is 1.10 bits per heavy atom. The predicted molar refractivity (Wildman–Crippen MR) is 100 cm³/mol. The van der Waals surface area contributed by atoms with E-state index in [2.05, 4.69) is 29.5 Å². The topological polar surface area (TPSA) is 37.3 Å². The van der Waals surface area contributed by atoms with Crippen LogP contribution in [-0.4, -0.2) is 15.0 Å². The normalized spacial score (nSPS) is 12.5. The Labute approximate surface area is 145 Å². The van der Waals surface area contributed by atoms with E-state index in [0.717, 1.165) is 16.8 Å². The Bertz CT molecular complexity index is 229. The van der Waals surface area contributed by atoms with Gasteiger partial charge in [-0.25, -0.2) is 0 Å². The number of carbonyl (C=O) groups is 1. The fourth-order valence-electron chi connectivity index (χ4n) is 2.65. The van der Waals surface area contributed by atoms with Crippen molar-refractivity contribution < 1.29 is 9.90 Å². The monoisotopic (exact) mass is 410 g/mol. The van der Waals surface area contributed by atoms with Crippen LogP contribution in [0.15, 0.2) is 0 Å². The van der Waals surface area contributed by atoms with Crippen molar-refractivity contribution in [3.63, 3.8) is 0 Å². The van der Waals surface area contributed by atoms with Gasteiger partial charge in [0.2, 0.25) is 0 Å². The number of halogens is 1. The van der Waals surface area contributed by atoms with Gasteiger partial charge in [0.05, 0.1) is 0 Å². The molecule has 21 heavy (non-hydrogen) atoms. The largest absolute Gasteiger partial charge is 0.481 e. The van der Waals surface area contributed by atoms with Gasteiger partial charge < -0.3 is 5.11 Å². The van der Waals surface area contributed by atoms with Gasteiger partial charge >= 0.3 is 5.97 Å². The van der Waals surface area contributed by atoms with E-state index in [1.165, 1.54) is 77.0 Å². The summed E-state index contributed by atoms with van der Waals surface area (Å²) in [5.74, 6) is -0.654. The molecule has 0 aromatic heterocycles. The minimum Gasteiger partial charge on any atom is -0.481 e. The number of hydrogen-bond acceptors (Lipinski definition) is 1. The summed E-state index contributed by atoms with van der Waals surface area (Å²) in [6, 6.07) is 0. The molecule has 1 N–H and O–H groups in total. The smallest absolute Gasteiger partial charge is 0.303 e. The van der Waals surface area contributed by atoms with Crippen molar-refractivity contribution in [3.05, 3.63) is 0 Å². The highest BCUT2D eigenvalue weighted by Gasteiger charge is 1.97. The molecule has 0 radical (unpaired) electrons. The Kier molecular flexibility index (Phi) is 16.7. The second-order valence-electron chi connectivity index (χ2n) is 6.31. The fraction of sp³-hybridized carbons (Fsp3) is 0.944. The minimum atomic E-state index is -0.654. The van der Waals surface area contributed by atoms with Gasteiger partial charge in [-0.2, -0.15) is 0 Å². The van der Waals surface area contributed by atoms with Gasteiger partial charge in [0, 0.05) is 10.3 Å². The zero-order valence-electron chi connectivity index (χ0n) is 13.9. The third-order valence-electron chi connectivity index (χ3n) is 3.99. The molecule has 3 heteroatoms. The molecule has 1 atom stereocenters. The molecular formula is C18H35IO2. The van der Waals surface area contributed by atoms with E-state index in [9.17, 15) is 4.79 Å². The van der Waals surface area contributed by atoms with E-state index in [-0.39, 0.29) is 0 Å². The molecule has 0 fully saturated rings. The molecule has 0 rings (SSSR count). The molecular weight excluding hydrogens is 375 g/mol. The van der Waals surface area contributed by atoms with E-state index < -0.39 is 5.97 Å². The summed E-state index contributed by atoms with van der Waals surface area (Å²) in [5.41, 5.74) is 0. The van der Waals surface area contributed by atoms with Crippen molar-refractivity contribution in [1.82, 2.24) is 0 Å². The molecule has 0 aromatic rings. The lowest BCUT2D eigenvalue weighted by Gasteiger charge is -2.04. The third kappa shape index (κ3) is 20.2. The van der Waals surface area contributed by atoms with E-state index >= 15 is 0 Å². The maximum atomic E-state index is 10.3. The van der Waals surface area contributed by atoms with Crippen molar-refractivity contribution in [2.45, 2.75) is 107 Å². The van der Waals surface area contributed by atoms with Gasteiger partial charge in [-0.15, -0.1) is 0 Å². The Balaban J connectivity index is 2.98. The highest BCUT2D eigenvalue weighted by molar-refractivity contribution is 14.1. The molecule has 0 aliphatic heterocycles. The van der Waals surface area contributed by atoms with Crippen LogP contribution in [0.4, 0.5) is 0 Å². The predicted octanol–water partition coefficient (Wildman–Crippen LogP) is 6.75. The van der Waals surface area contributed by atoms with Crippen LogP contribution in [0.1, 0.15) is 103 Å². The van der Waals surface area contributed by atoms with Crippen LogP contribution >= 0.6 is 22.6 Å². The number of carboxylic acids is 1. The number of rotatable bonds is 16. The molecule has 126 valence electrons. The van der Waals surface area contributed by atoms with Crippen LogP contribution < -0.4 is 0 Å². The number of aliphatic carboxylic acids is 1. The Morgan fingerprint density at radius 1 is 0.762 bits per heavy atom. The standard InChI is InChI=1S/C18H35IO2/c1-17(19)15-13-11-9-7-5-3-2-4-6-8-10-12-14-16-18(20)21/h17H,2-16H2,1H3,(H,20,21). The number of unbranched alkanes of at least 4 members (excludes halogenated alkanes) is 12. The van der Waals surface area contributed by atoms with Crippen LogP contribution in [0, 0.1) is 0 Å². The van der Waals surface area contributed by atoms with Crippen LogP contribution in [0.25, 0.3) is 0 Å². The zero-order valence-corrected chi connectivity index (χ0v) is 16.1. The van der Waals surface area contributed by atoms with Crippen molar-refractivity contribution in [1.29, 1.82) is 0 Å². The molecule has 0 aliphatic carbocycles. The van der Waals surface area contributed by atoms with Crippen molar-refractivity contribution in [2.24, 2.45) is 0 Å². The molecule has 2 nitrogen and oxygen atoms in total. The van der Waals surface area contributed by atoms with Crippen LogP contribution in [-0.2, 0) is 4.79 Å². The quantitative estimate of drug-likeness (QED) is 0.174. The van der Waals surface area contributed by atoms with Crippen molar-refractivity contribution in [2.75, 3.05) is 0 Å². The maximum absolute atomic E-state index is 10.3.